The van der Waals surface area contributed by atoms with Crippen molar-refractivity contribution in [3.05, 3.63) is 29.1 Å². The van der Waals surface area contributed by atoms with Crippen molar-refractivity contribution in [2.75, 3.05) is 6.61 Å². The van der Waals surface area contributed by atoms with Gasteiger partial charge in [0.2, 0.25) is 0 Å². The van der Waals surface area contributed by atoms with Crippen LogP contribution in [0.2, 0.25) is 0 Å². The predicted molar refractivity (Wildman–Crippen MR) is 53.1 cm³/mol. The first-order chi connectivity index (χ1) is 7.60. The third kappa shape index (κ3) is 2.48. The van der Waals surface area contributed by atoms with E-state index in [0.717, 1.165) is 0 Å². The van der Waals surface area contributed by atoms with Gasteiger partial charge in [-0.15, -0.1) is 0 Å². The van der Waals surface area contributed by atoms with E-state index in [-0.39, 0.29) is 24.2 Å². The van der Waals surface area contributed by atoms with Crippen molar-refractivity contribution < 1.29 is 19.0 Å². The summed E-state index contributed by atoms with van der Waals surface area (Å²) in [5.41, 5.74) is -0.153. The van der Waals surface area contributed by atoms with Crippen LogP contribution in [-0.4, -0.2) is 17.7 Å². The van der Waals surface area contributed by atoms with Gasteiger partial charge in [-0.2, -0.15) is 5.26 Å². The van der Waals surface area contributed by atoms with Crippen LogP contribution in [0.3, 0.4) is 0 Å². The number of esters is 1. The Labute approximate surface area is 91.9 Å². The van der Waals surface area contributed by atoms with E-state index in [9.17, 15) is 14.3 Å². The van der Waals surface area contributed by atoms with Gasteiger partial charge >= 0.3 is 5.97 Å². The summed E-state index contributed by atoms with van der Waals surface area (Å²) in [7, 11) is 0. The second-order valence-corrected chi connectivity index (χ2v) is 3.03. The van der Waals surface area contributed by atoms with Gasteiger partial charge in [0.15, 0.2) is 11.6 Å². The molecule has 1 rings (SSSR count). The highest BCUT2D eigenvalue weighted by Gasteiger charge is 2.15. The van der Waals surface area contributed by atoms with E-state index in [1.807, 2.05) is 0 Å². The van der Waals surface area contributed by atoms with Crippen molar-refractivity contribution in [2.45, 2.75) is 13.3 Å². The van der Waals surface area contributed by atoms with E-state index in [4.69, 9.17) is 5.26 Å². The Kier molecular flexibility index (Phi) is 3.84. The zero-order valence-corrected chi connectivity index (χ0v) is 8.66. The van der Waals surface area contributed by atoms with Gasteiger partial charge in [0.1, 0.15) is 6.07 Å². The van der Waals surface area contributed by atoms with Crippen LogP contribution in [0.1, 0.15) is 18.1 Å². The number of halogens is 1. The predicted octanol–water partition coefficient (Wildman–Crippen LogP) is 1.51. The molecule has 0 atom stereocenters. The van der Waals surface area contributed by atoms with Crippen molar-refractivity contribution in [2.24, 2.45) is 0 Å². The summed E-state index contributed by atoms with van der Waals surface area (Å²) in [5, 5.41) is 17.9. The molecular weight excluding hydrogens is 213 g/mol. The van der Waals surface area contributed by atoms with E-state index in [1.54, 1.807) is 13.0 Å². The normalized spacial score (nSPS) is 9.56. The molecule has 1 aromatic rings. The maximum atomic E-state index is 13.3. The highest BCUT2D eigenvalue weighted by atomic mass is 19.1. The molecule has 0 saturated heterocycles. The summed E-state index contributed by atoms with van der Waals surface area (Å²) in [6.07, 6.45) is -0.220. The Bertz CT molecular complexity index is 451. The summed E-state index contributed by atoms with van der Waals surface area (Å²) in [4.78, 5) is 11.1. The number of rotatable bonds is 3. The van der Waals surface area contributed by atoms with E-state index >= 15 is 0 Å². The first kappa shape index (κ1) is 12.0. The first-order valence-electron chi connectivity index (χ1n) is 4.66. The van der Waals surface area contributed by atoms with Crippen LogP contribution in [-0.2, 0) is 16.0 Å². The number of nitriles is 1. The van der Waals surface area contributed by atoms with Crippen molar-refractivity contribution in [3.8, 4) is 11.8 Å². The number of benzene rings is 1. The lowest BCUT2D eigenvalue weighted by molar-refractivity contribution is -0.142. The number of carbonyl (C=O) groups is 1. The maximum absolute atomic E-state index is 13.3. The average Bonchev–Trinajstić information content (AvgIpc) is 2.25. The molecule has 0 aliphatic rings. The topological polar surface area (TPSA) is 70.3 Å². The number of phenolic OH excluding ortho intramolecular Hbond substituents is 1. The van der Waals surface area contributed by atoms with Crippen molar-refractivity contribution in [3.63, 3.8) is 0 Å². The molecule has 0 unspecified atom stereocenters. The molecule has 84 valence electrons. The zero-order valence-electron chi connectivity index (χ0n) is 8.66. The molecule has 0 saturated carbocycles. The van der Waals surface area contributed by atoms with E-state index in [0.29, 0.717) is 0 Å². The van der Waals surface area contributed by atoms with Gasteiger partial charge < -0.3 is 9.84 Å². The molecular formula is C11H10FNO3. The zero-order chi connectivity index (χ0) is 12.1. The van der Waals surface area contributed by atoms with Gasteiger partial charge in [-0.05, 0) is 13.0 Å². The summed E-state index contributed by atoms with van der Waals surface area (Å²) >= 11 is 0. The summed E-state index contributed by atoms with van der Waals surface area (Å²) < 4.78 is 17.9. The van der Waals surface area contributed by atoms with E-state index < -0.39 is 17.5 Å². The van der Waals surface area contributed by atoms with E-state index in [1.165, 1.54) is 12.1 Å². The minimum absolute atomic E-state index is 0.106. The minimum Gasteiger partial charge on any atom is -0.505 e. The van der Waals surface area contributed by atoms with Crippen molar-refractivity contribution >= 4 is 5.97 Å². The fourth-order valence-corrected chi connectivity index (χ4v) is 1.20. The van der Waals surface area contributed by atoms with Crippen LogP contribution in [0, 0.1) is 17.1 Å². The Morgan fingerprint density at radius 3 is 2.88 bits per heavy atom. The summed E-state index contributed by atoms with van der Waals surface area (Å²) in [5.74, 6) is -2.24. The Morgan fingerprint density at radius 1 is 1.62 bits per heavy atom. The maximum Gasteiger partial charge on any atom is 0.310 e. The van der Waals surface area contributed by atoms with Gasteiger partial charge in [-0.1, -0.05) is 6.07 Å². The molecule has 0 bridgehead atoms. The standard InChI is InChI=1S/C11H10FNO3/c1-2-16-9(14)5-7-3-4-8(6-13)10(12)11(7)15/h3-4,15H,2,5H2,1H3. The van der Waals surface area contributed by atoms with Gasteiger partial charge in [0.25, 0.3) is 0 Å². The van der Waals surface area contributed by atoms with Gasteiger partial charge in [-0.3, -0.25) is 4.79 Å². The van der Waals surface area contributed by atoms with E-state index in [2.05, 4.69) is 4.74 Å². The quantitative estimate of drug-likeness (QED) is 0.788. The number of phenols is 1. The monoisotopic (exact) mass is 223 g/mol. The number of nitrogens with zero attached hydrogens (tertiary/aromatic N) is 1. The lowest BCUT2D eigenvalue weighted by Crippen LogP contribution is -2.08. The highest BCUT2D eigenvalue weighted by Crippen LogP contribution is 2.24. The van der Waals surface area contributed by atoms with Crippen LogP contribution in [0.15, 0.2) is 12.1 Å². The molecule has 0 spiro atoms. The third-order valence-electron chi connectivity index (χ3n) is 1.96. The molecule has 1 aromatic carbocycles. The second-order valence-electron chi connectivity index (χ2n) is 3.03. The first-order valence-corrected chi connectivity index (χ1v) is 4.66. The molecule has 16 heavy (non-hydrogen) atoms. The SMILES string of the molecule is CCOC(=O)Cc1ccc(C#N)c(F)c1O. The largest absolute Gasteiger partial charge is 0.505 e. The van der Waals surface area contributed by atoms with Crippen LogP contribution in [0.4, 0.5) is 4.39 Å². The van der Waals surface area contributed by atoms with Crippen LogP contribution in [0.25, 0.3) is 0 Å². The molecule has 4 nitrogen and oxygen atoms in total. The van der Waals surface area contributed by atoms with Gasteiger partial charge in [0, 0.05) is 5.56 Å². The molecule has 5 heteroatoms. The van der Waals surface area contributed by atoms with Crippen LogP contribution < -0.4 is 0 Å². The number of carbonyl (C=O) groups excluding carboxylic acids is 1. The fraction of sp³-hybridized carbons (Fsp3) is 0.273. The highest BCUT2D eigenvalue weighted by molar-refractivity contribution is 5.73. The van der Waals surface area contributed by atoms with Crippen molar-refractivity contribution in [1.29, 1.82) is 5.26 Å². The van der Waals surface area contributed by atoms with Crippen LogP contribution in [0.5, 0.6) is 5.75 Å². The lowest BCUT2D eigenvalue weighted by Gasteiger charge is -2.05. The fourth-order valence-electron chi connectivity index (χ4n) is 1.20. The minimum atomic E-state index is -1.01. The molecule has 0 radical (unpaired) electrons. The Morgan fingerprint density at radius 2 is 2.31 bits per heavy atom. The molecule has 1 N–H and O–H groups in total. The van der Waals surface area contributed by atoms with Crippen molar-refractivity contribution in [1.82, 2.24) is 0 Å². The third-order valence-corrected chi connectivity index (χ3v) is 1.96. The molecule has 0 amide bonds. The molecule has 0 heterocycles. The van der Waals surface area contributed by atoms with Gasteiger partial charge in [-0.25, -0.2) is 4.39 Å². The summed E-state index contributed by atoms with van der Waals surface area (Å²) in [6, 6.07) is 4.13. The van der Waals surface area contributed by atoms with Crippen LogP contribution >= 0.6 is 0 Å². The Hall–Kier alpha value is -2.09. The number of hydrogen-bond donors (Lipinski definition) is 1. The lowest BCUT2D eigenvalue weighted by atomic mass is 10.1. The molecule has 0 aliphatic heterocycles. The molecule has 0 aromatic heterocycles. The van der Waals surface area contributed by atoms with Gasteiger partial charge in [0.05, 0.1) is 18.6 Å². The second kappa shape index (κ2) is 5.12. The average molecular weight is 223 g/mol. The molecule has 0 aliphatic carbocycles. The number of aromatic hydroxyl groups is 1. The Balaban J connectivity index is 2.96. The smallest absolute Gasteiger partial charge is 0.310 e. The number of ether oxygens (including phenoxy) is 1. The molecule has 0 fully saturated rings. The summed E-state index contributed by atoms with van der Waals surface area (Å²) in [6.45, 7) is 1.87. The number of hydrogen-bond acceptors (Lipinski definition) is 4.